The minimum atomic E-state index is -4.34. The molecule has 27 heavy (non-hydrogen) atoms. The van der Waals surface area contributed by atoms with Crippen molar-refractivity contribution in [1.82, 2.24) is 10.2 Å². The van der Waals surface area contributed by atoms with Crippen LogP contribution in [0.2, 0.25) is 0 Å². The Kier molecular flexibility index (Phi) is 7.68. The summed E-state index contributed by atoms with van der Waals surface area (Å²) < 4.78 is 43.6. The van der Waals surface area contributed by atoms with Crippen LogP contribution in [0.15, 0.2) is 24.3 Å². The van der Waals surface area contributed by atoms with Gasteiger partial charge in [-0.15, -0.1) is 0 Å². The van der Waals surface area contributed by atoms with Crippen molar-refractivity contribution in [2.45, 2.75) is 45.4 Å². The van der Waals surface area contributed by atoms with Gasteiger partial charge in [-0.2, -0.15) is 13.2 Å². The third-order valence-corrected chi connectivity index (χ3v) is 4.67. The summed E-state index contributed by atoms with van der Waals surface area (Å²) in [5, 5.41) is 2.89. The second-order valence-corrected chi connectivity index (χ2v) is 7.68. The first kappa shape index (κ1) is 21.7. The molecule has 1 fully saturated rings. The molecular formula is C20H29F3N2O2. The van der Waals surface area contributed by atoms with Crippen LogP contribution in [-0.2, 0) is 15.7 Å². The fraction of sp³-hybridized carbons (Fsp3) is 0.650. The minimum absolute atomic E-state index is 0.0252. The lowest BCUT2D eigenvalue weighted by Crippen LogP contribution is -2.48. The van der Waals surface area contributed by atoms with Gasteiger partial charge in [0, 0.05) is 32.6 Å². The monoisotopic (exact) mass is 386 g/mol. The van der Waals surface area contributed by atoms with Crippen molar-refractivity contribution in [2.75, 3.05) is 32.8 Å². The second kappa shape index (κ2) is 9.55. The van der Waals surface area contributed by atoms with E-state index in [1.807, 2.05) is 6.92 Å². The zero-order chi connectivity index (χ0) is 20.0. The van der Waals surface area contributed by atoms with E-state index in [0.717, 1.165) is 37.3 Å². The first-order chi connectivity index (χ1) is 12.6. The molecule has 152 valence electrons. The van der Waals surface area contributed by atoms with Gasteiger partial charge in [0.25, 0.3) is 0 Å². The molecule has 0 aliphatic carbocycles. The van der Waals surface area contributed by atoms with Crippen molar-refractivity contribution < 1.29 is 22.7 Å². The summed E-state index contributed by atoms with van der Waals surface area (Å²) in [6.07, 6.45) is -4.14. The normalized spacial score (nSPS) is 19.9. The lowest BCUT2D eigenvalue weighted by Gasteiger charge is -2.34. The summed E-state index contributed by atoms with van der Waals surface area (Å²) in [7, 11) is 0. The summed E-state index contributed by atoms with van der Waals surface area (Å²) in [6, 6.07) is 5.00. The number of ether oxygens (including phenoxy) is 1. The zero-order valence-electron chi connectivity index (χ0n) is 16.2. The van der Waals surface area contributed by atoms with Gasteiger partial charge in [0.2, 0.25) is 5.91 Å². The number of morpholine rings is 1. The maximum atomic E-state index is 12.6. The van der Waals surface area contributed by atoms with E-state index in [2.05, 4.69) is 24.1 Å². The highest BCUT2D eigenvalue weighted by Gasteiger charge is 2.30. The average molecular weight is 386 g/mol. The number of hydrogen-bond donors (Lipinski definition) is 1. The highest BCUT2D eigenvalue weighted by Crippen LogP contribution is 2.30. The molecule has 0 aromatic heterocycles. The number of carbonyl (C=O) groups excluding carboxylic acids is 1. The molecule has 0 bridgehead atoms. The van der Waals surface area contributed by atoms with Gasteiger partial charge in [-0.25, -0.2) is 0 Å². The van der Waals surface area contributed by atoms with Gasteiger partial charge in [0.1, 0.15) is 0 Å². The van der Waals surface area contributed by atoms with Crippen molar-refractivity contribution in [1.29, 1.82) is 0 Å². The Bertz CT molecular complexity index is 602. The van der Waals surface area contributed by atoms with Crippen LogP contribution >= 0.6 is 0 Å². The molecule has 1 amide bonds. The number of carbonyl (C=O) groups is 1. The predicted octanol–water partition coefficient (Wildman–Crippen LogP) is 3.67. The van der Waals surface area contributed by atoms with Crippen molar-refractivity contribution in [3.05, 3.63) is 35.4 Å². The van der Waals surface area contributed by atoms with Crippen LogP contribution in [0.3, 0.4) is 0 Å². The molecule has 1 aliphatic heterocycles. The topological polar surface area (TPSA) is 41.6 Å². The highest BCUT2D eigenvalue weighted by atomic mass is 19.4. The standard InChI is InChI=1S/C20H29F3N2O2/c1-14(2)12-25-8-9-27-18(13-25)11-24-19(26)10-15(3)16-4-6-17(7-5-16)20(21,22)23/h4-7,14-15,18H,8-13H2,1-3H3,(H,24,26). The van der Waals surface area contributed by atoms with Gasteiger partial charge in [0.15, 0.2) is 0 Å². The SMILES string of the molecule is CC(C)CN1CCOC(CNC(=O)CC(C)c2ccc(C(F)(F)F)cc2)C1. The molecular weight excluding hydrogens is 357 g/mol. The van der Waals surface area contributed by atoms with Crippen molar-refractivity contribution in [2.24, 2.45) is 5.92 Å². The number of alkyl halides is 3. The maximum absolute atomic E-state index is 12.6. The highest BCUT2D eigenvalue weighted by molar-refractivity contribution is 5.76. The molecule has 1 saturated heterocycles. The average Bonchev–Trinajstić information content (AvgIpc) is 2.59. The van der Waals surface area contributed by atoms with E-state index in [-0.39, 0.29) is 24.3 Å². The van der Waals surface area contributed by atoms with Crippen LogP contribution in [0.5, 0.6) is 0 Å². The van der Waals surface area contributed by atoms with Crippen LogP contribution in [0.25, 0.3) is 0 Å². The zero-order valence-corrected chi connectivity index (χ0v) is 16.2. The number of halogens is 3. The van der Waals surface area contributed by atoms with Crippen LogP contribution in [0.1, 0.15) is 44.2 Å². The third-order valence-electron chi connectivity index (χ3n) is 4.67. The summed E-state index contributed by atoms with van der Waals surface area (Å²) in [5.41, 5.74) is 0.0403. The summed E-state index contributed by atoms with van der Waals surface area (Å²) in [5.74, 6) is 0.312. The molecule has 4 nitrogen and oxygen atoms in total. The Hall–Kier alpha value is -1.60. The smallest absolute Gasteiger partial charge is 0.374 e. The van der Waals surface area contributed by atoms with Gasteiger partial charge < -0.3 is 10.1 Å². The van der Waals surface area contributed by atoms with Gasteiger partial charge in [-0.05, 0) is 29.5 Å². The largest absolute Gasteiger partial charge is 0.416 e. The minimum Gasteiger partial charge on any atom is -0.374 e. The van der Waals surface area contributed by atoms with Gasteiger partial charge in [0.05, 0.1) is 18.3 Å². The molecule has 1 heterocycles. The molecule has 1 aromatic carbocycles. The molecule has 7 heteroatoms. The number of amides is 1. The van der Waals surface area contributed by atoms with Crippen molar-refractivity contribution in [3.63, 3.8) is 0 Å². The lowest BCUT2D eigenvalue weighted by atomic mass is 9.96. The van der Waals surface area contributed by atoms with E-state index in [4.69, 9.17) is 4.74 Å². The van der Waals surface area contributed by atoms with E-state index < -0.39 is 11.7 Å². The molecule has 1 N–H and O–H groups in total. The molecule has 0 radical (unpaired) electrons. The summed E-state index contributed by atoms with van der Waals surface area (Å²) in [4.78, 5) is 14.5. The Balaban J connectivity index is 1.78. The summed E-state index contributed by atoms with van der Waals surface area (Å²) in [6.45, 7) is 10.0. The quantitative estimate of drug-likeness (QED) is 0.777. The molecule has 2 rings (SSSR count). The molecule has 1 aliphatic rings. The number of rotatable bonds is 7. The summed E-state index contributed by atoms with van der Waals surface area (Å²) >= 11 is 0. The Morgan fingerprint density at radius 3 is 2.52 bits per heavy atom. The number of hydrogen-bond acceptors (Lipinski definition) is 3. The Labute approximate surface area is 159 Å². The fourth-order valence-corrected chi connectivity index (χ4v) is 3.28. The maximum Gasteiger partial charge on any atom is 0.416 e. The van der Waals surface area contributed by atoms with E-state index in [9.17, 15) is 18.0 Å². The second-order valence-electron chi connectivity index (χ2n) is 7.68. The van der Waals surface area contributed by atoms with E-state index in [0.29, 0.717) is 19.1 Å². The van der Waals surface area contributed by atoms with Crippen LogP contribution in [0.4, 0.5) is 13.2 Å². The van der Waals surface area contributed by atoms with Gasteiger partial charge >= 0.3 is 6.18 Å². The molecule has 0 saturated carbocycles. The van der Waals surface area contributed by atoms with Crippen LogP contribution < -0.4 is 5.32 Å². The predicted molar refractivity (Wildman–Crippen MR) is 98.5 cm³/mol. The number of benzene rings is 1. The van der Waals surface area contributed by atoms with Crippen molar-refractivity contribution >= 4 is 5.91 Å². The molecule has 2 atom stereocenters. The first-order valence-corrected chi connectivity index (χ1v) is 9.43. The van der Waals surface area contributed by atoms with E-state index in [1.165, 1.54) is 12.1 Å². The third kappa shape index (κ3) is 7.14. The number of nitrogens with one attached hydrogen (secondary N) is 1. The van der Waals surface area contributed by atoms with E-state index in [1.54, 1.807) is 0 Å². The Morgan fingerprint density at radius 2 is 1.93 bits per heavy atom. The Morgan fingerprint density at radius 1 is 1.26 bits per heavy atom. The number of nitrogens with zero attached hydrogens (tertiary/aromatic N) is 1. The molecule has 1 aromatic rings. The van der Waals surface area contributed by atoms with Crippen LogP contribution in [-0.4, -0.2) is 49.7 Å². The first-order valence-electron chi connectivity index (χ1n) is 9.43. The fourth-order valence-electron chi connectivity index (χ4n) is 3.28. The van der Waals surface area contributed by atoms with Crippen molar-refractivity contribution in [3.8, 4) is 0 Å². The molecule has 2 unspecified atom stereocenters. The van der Waals surface area contributed by atoms with E-state index >= 15 is 0 Å². The lowest BCUT2D eigenvalue weighted by molar-refractivity contribution is -0.137. The van der Waals surface area contributed by atoms with Gasteiger partial charge in [-0.1, -0.05) is 32.9 Å². The van der Waals surface area contributed by atoms with Crippen LogP contribution in [0, 0.1) is 5.92 Å². The van der Waals surface area contributed by atoms with Gasteiger partial charge in [-0.3, -0.25) is 9.69 Å². The molecule has 0 spiro atoms.